The second-order valence-electron chi connectivity index (χ2n) is 7.60. The van der Waals surface area contributed by atoms with Crippen LogP contribution < -0.4 is 10.5 Å². The Hall–Kier alpha value is -1.88. The molecule has 2 heterocycles. The van der Waals surface area contributed by atoms with Gasteiger partial charge in [0, 0.05) is 20.2 Å². The van der Waals surface area contributed by atoms with Gasteiger partial charge in [0.15, 0.2) is 0 Å². The molecular formula is C19H27ClN4O5S. The first-order chi connectivity index (χ1) is 14.2. The fraction of sp³-hybridized carbons (Fsp3) is 0.579. The Morgan fingerprint density at radius 2 is 2.03 bits per heavy atom. The normalized spacial score (nSPS) is 22.5. The molecule has 0 radical (unpaired) electrons. The molecule has 0 aliphatic carbocycles. The van der Waals surface area contributed by atoms with E-state index in [9.17, 15) is 18.0 Å². The van der Waals surface area contributed by atoms with Crippen LogP contribution >= 0.6 is 11.6 Å². The third-order valence-electron chi connectivity index (χ3n) is 5.49. The van der Waals surface area contributed by atoms with Gasteiger partial charge in [-0.2, -0.15) is 4.72 Å². The van der Waals surface area contributed by atoms with E-state index in [0.717, 1.165) is 12.8 Å². The number of likely N-dealkylation sites (tertiary alicyclic amines) is 2. The molecule has 2 saturated heterocycles. The van der Waals surface area contributed by atoms with Gasteiger partial charge in [0.2, 0.25) is 21.8 Å². The Kier molecular flexibility index (Phi) is 7.22. The first-order valence-corrected chi connectivity index (χ1v) is 11.7. The number of hydrogen-bond acceptors (Lipinski definition) is 6. The van der Waals surface area contributed by atoms with E-state index in [0.29, 0.717) is 32.5 Å². The Morgan fingerprint density at radius 1 is 1.30 bits per heavy atom. The van der Waals surface area contributed by atoms with Crippen LogP contribution in [0.5, 0.6) is 0 Å². The molecule has 11 heteroatoms. The molecule has 1 aromatic carbocycles. The molecule has 30 heavy (non-hydrogen) atoms. The molecule has 2 atom stereocenters. The molecule has 0 spiro atoms. The van der Waals surface area contributed by atoms with Crippen molar-refractivity contribution >= 4 is 39.1 Å². The number of ether oxygens (including phenoxy) is 1. The van der Waals surface area contributed by atoms with Crippen LogP contribution in [0.3, 0.4) is 0 Å². The lowest BCUT2D eigenvalue weighted by Crippen LogP contribution is -2.55. The van der Waals surface area contributed by atoms with E-state index in [1.165, 1.54) is 23.1 Å². The lowest BCUT2D eigenvalue weighted by atomic mass is 10.1. The molecular weight excluding hydrogens is 432 g/mol. The second kappa shape index (κ2) is 9.51. The summed E-state index contributed by atoms with van der Waals surface area (Å²) in [4.78, 5) is 28.7. The fourth-order valence-corrected chi connectivity index (χ4v) is 5.42. The van der Waals surface area contributed by atoms with Gasteiger partial charge in [-0.15, -0.1) is 0 Å². The standard InChI is InChI=1S/C19H27ClN4O5S/c1-29-12-13-4-2-9-24(13)18(25)11-23-8-3-5-17(19(23)26)22-30(27,28)14-6-7-16(21)15(20)10-14/h6-7,10,13,17,22H,2-5,8-9,11-12,21H2,1H3. The summed E-state index contributed by atoms with van der Waals surface area (Å²) in [5.41, 5.74) is 5.90. The van der Waals surface area contributed by atoms with Gasteiger partial charge in [0.1, 0.15) is 6.04 Å². The zero-order chi connectivity index (χ0) is 21.9. The van der Waals surface area contributed by atoms with Crippen molar-refractivity contribution in [2.75, 3.05) is 39.1 Å². The van der Waals surface area contributed by atoms with Crippen molar-refractivity contribution < 1.29 is 22.7 Å². The molecule has 0 saturated carbocycles. The minimum Gasteiger partial charge on any atom is -0.398 e. The van der Waals surface area contributed by atoms with E-state index < -0.39 is 22.0 Å². The van der Waals surface area contributed by atoms with Crippen LogP contribution in [-0.2, 0) is 24.3 Å². The molecule has 0 bridgehead atoms. The smallest absolute Gasteiger partial charge is 0.242 e. The lowest BCUT2D eigenvalue weighted by Gasteiger charge is -2.34. The van der Waals surface area contributed by atoms with E-state index in [1.807, 2.05) is 0 Å². The Bertz CT molecular complexity index is 910. The largest absolute Gasteiger partial charge is 0.398 e. The Labute approximate surface area is 181 Å². The second-order valence-corrected chi connectivity index (χ2v) is 9.72. The van der Waals surface area contributed by atoms with Crippen LogP contribution in [0, 0.1) is 0 Å². The van der Waals surface area contributed by atoms with Gasteiger partial charge in [0.05, 0.1) is 34.8 Å². The first-order valence-electron chi connectivity index (χ1n) is 9.87. The van der Waals surface area contributed by atoms with Crippen LogP contribution in [0.2, 0.25) is 5.02 Å². The summed E-state index contributed by atoms with van der Waals surface area (Å²) < 4.78 is 33.0. The van der Waals surface area contributed by atoms with E-state index in [4.69, 9.17) is 22.1 Å². The zero-order valence-electron chi connectivity index (χ0n) is 16.8. The number of benzene rings is 1. The highest BCUT2D eigenvalue weighted by Crippen LogP contribution is 2.24. The first kappa shape index (κ1) is 22.8. The summed E-state index contributed by atoms with van der Waals surface area (Å²) in [7, 11) is -2.37. The molecule has 2 amide bonds. The maximum atomic E-state index is 12.9. The number of methoxy groups -OCH3 is 1. The van der Waals surface area contributed by atoms with Gasteiger partial charge in [0.25, 0.3) is 0 Å². The molecule has 3 N–H and O–H groups in total. The number of hydrogen-bond donors (Lipinski definition) is 2. The van der Waals surface area contributed by atoms with Gasteiger partial charge in [-0.1, -0.05) is 11.6 Å². The number of nitrogens with one attached hydrogen (secondary N) is 1. The number of amides is 2. The number of piperidine rings is 1. The predicted molar refractivity (Wildman–Crippen MR) is 112 cm³/mol. The number of carbonyl (C=O) groups is 2. The van der Waals surface area contributed by atoms with E-state index in [2.05, 4.69) is 4.72 Å². The van der Waals surface area contributed by atoms with Gasteiger partial charge in [-0.05, 0) is 43.9 Å². The van der Waals surface area contributed by atoms with Crippen molar-refractivity contribution in [1.29, 1.82) is 0 Å². The fourth-order valence-electron chi connectivity index (χ4n) is 3.92. The summed E-state index contributed by atoms with van der Waals surface area (Å²) in [6, 6.07) is 3.07. The quantitative estimate of drug-likeness (QED) is 0.583. The topological polar surface area (TPSA) is 122 Å². The highest BCUT2D eigenvalue weighted by molar-refractivity contribution is 7.89. The third kappa shape index (κ3) is 5.05. The summed E-state index contributed by atoms with van der Waals surface area (Å²) in [5.74, 6) is -0.543. The maximum Gasteiger partial charge on any atom is 0.242 e. The summed E-state index contributed by atoms with van der Waals surface area (Å²) in [6.07, 6.45) is 2.73. The molecule has 2 aliphatic heterocycles. The number of halogens is 1. The monoisotopic (exact) mass is 458 g/mol. The minimum atomic E-state index is -3.97. The van der Waals surface area contributed by atoms with E-state index in [-0.39, 0.29) is 34.1 Å². The van der Waals surface area contributed by atoms with Crippen molar-refractivity contribution in [2.24, 2.45) is 0 Å². The zero-order valence-corrected chi connectivity index (χ0v) is 18.4. The number of nitrogens with zero attached hydrogens (tertiary/aromatic N) is 2. The number of nitrogens with two attached hydrogens (primary N) is 1. The van der Waals surface area contributed by atoms with Crippen LogP contribution in [0.15, 0.2) is 23.1 Å². The minimum absolute atomic E-state index is 0.0203. The predicted octanol–water partition coefficient (Wildman–Crippen LogP) is 0.829. The molecule has 2 fully saturated rings. The SMILES string of the molecule is COCC1CCCN1C(=O)CN1CCCC(NS(=O)(=O)c2ccc(N)c(Cl)c2)C1=O. The van der Waals surface area contributed by atoms with Crippen LogP contribution in [0.4, 0.5) is 5.69 Å². The lowest BCUT2D eigenvalue weighted by molar-refractivity contribution is -0.144. The van der Waals surface area contributed by atoms with E-state index in [1.54, 1.807) is 12.0 Å². The number of nitrogen functional groups attached to an aromatic ring is 1. The van der Waals surface area contributed by atoms with Crippen LogP contribution in [0.1, 0.15) is 25.7 Å². The summed E-state index contributed by atoms with van der Waals surface area (Å²) >= 11 is 5.92. The van der Waals surface area contributed by atoms with Crippen molar-refractivity contribution in [1.82, 2.24) is 14.5 Å². The van der Waals surface area contributed by atoms with Gasteiger partial charge in [-0.25, -0.2) is 8.42 Å². The number of anilines is 1. The van der Waals surface area contributed by atoms with Crippen molar-refractivity contribution in [3.05, 3.63) is 23.2 Å². The highest BCUT2D eigenvalue weighted by Gasteiger charge is 2.36. The van der Waals surface area contributed by atoms with Crippen molar-refractivity contribution in [2.45, 2.75) is 42.7 Å². The number of sulfonamides is 1. The average Bonchev–Trinajstić information content (AvgIpc) is 3.15. The molecule has 9 nitrogen and oxygen atoms in total. The Balaban J connectivity index is 1.66. The number of rotatable bonds is 7. The van der Waals surface area contributed by atoms with Crippen molar-refractivity contribution in [3.8, 4) is 0 Å². The molecule has 1 aromatic rings. The average molecular weight is 459 g/mol. The molecule has 2 unspecified atom stereocenters. The maximum absolute atomic E-state index is 12.9. The summed E-state index contributed by atoms with van der Waals surface area (Å²) in [5, 5.41) is 0.122. The third-order valence-corrected chi connectivity index (χ3v) is 7.29. The van der Waals surface area contributed by atoms with Gasteiger partial charge in [-0.3, -0.25) is 9.59 Å². The van der Waals surface area contributed by atoms with E-state index >= 15 is 0 Å². The highest BCUT2D eigenvalue weighted by atomic mass is 35.5. The number of carbonyl (C=O) groups excluding carboxylic acids is 2. The Morgan fingerprint density at radius 3 is 2.73 bits per heavy atom. The molecule has 166 valence electrons. The van der Waals surface area contributed by atoms with Gasteiger partial charge < -0.3 is 20.3 Å². The molecule has 3 rings (SSSR count). The molecule has 0 aromatic heterocycles. The van der Waals surface area contributed by atoms with Crippen molar-refractivity contribution in [3.63, 3.8) is 0 Å². The molecule has 2 aliphatic rings. The summed E-state index contributed by atoms with van der Waals surface area (Å²) in [6.45, 7) is 1.46. The van der Waals surface area contributed by atoms with Crippen LogP contribution in [-0.4, -0.2) is 75.5 Å². The van der Waals surface area contributed by atoms with Crippen LogP contribution in [0.25, 0.3) is 0 Å². The van der Waals surface area contributed by atoms with Gasteiger partial charge >= 0.3 is 0 Å².